The minimum Gasteiger partial charge on any atom is -0.487 e. The van der Waals surface area contributed by atoms with Gasteiger partial charge in [-0.1, -0.05) is 63.2 Å². The quantitative estimate of drug-likeness (QED) is 0.430. The molecule has 0 atom stereocenters. The third kappa shape index (κ3) is 4.52. The summed E-state index contributed by atoms with van der Waals surface area (Å²) < 4.78 is 37.0. The van der Waals surface area contributed by atoms with Gasteiger partial charge in [0.2, 0.25) is 5.91 Å². The lowest BCUT2D eigenvalue weighted by Gasteiger charge is -2.42. The Morgan fingerprint density at radius 1 is 1.03 bits per heavy atom. The number of rotatable bonds is 4. The molecule has 2 aliphatic rings. The van der Waals surface area contributed by atoms with Crippen LogP contribution in [0.3, 0.4) is 0 Å². The van der Waals surface area contributed by atoms with Crippen molar-refractivity contribution in [2.75, 3.05) is 30.3 Å². The zero-order valence-corrected chi connectivity index (χ0v) is 21.6. The highest BCUT2D eigenvalue weighted by Crippen LogP contribution is 2.55. The average Bonchev–Trinajstić information content (AvgIpc) is 3.20. The molecule has 0 bridgehead atoms. The second kappa shape index (κ2) is 9.36. The number of likely N-dealkylation sites (tertiary alicyclic amines) is 1. The number of nitrogens with zero attached hydrogens (tertiary/aromatic N) is 2. The number of ether oxygens (including phenoxy) is 1. The number of piperidine rings is 1. The number of anilines is 3. The van der Waals surface area contributed by atoms with Crippen molar-refractivity contribution in [2.24, 2.45) is 5.41 Å². The monoisotopic (exact) mass is 505 g/mol. The van der Waals surface area contributed by atoms with Crippen LogP contribution in [0.1, 0.15) is 44.7 Å². The molecule has 1 spiro atoms. The van der Waals surface area contributed by atoms with Crippen molar-refractivity contribution in [3.63, 3.8) is 0 Å². The van der Waals surface area contributed by atoms with Crippen molar-refractivity contribution < 1.29 is 18.3 Å². The van der Waals surface area contributed by atoms with E-state index in [1.165, 1.54) is 0 Å². The van der Waals surface area contributed by atoms with Gasteiger partial charge in [0.25, 0.3) is 0 Å². The summed E-state index contributed by atoms with van der Waals surface area (Å²) in [7, 11) is 0. The van der Waals surface area contributed by atoms with Crippen molar-refractivity contribution in [1.82, 2.24) is 4.90 Å². The van der Waals surface area contributed by atoms with E-state index in [0.717, 1.165) is 17.3 Å². The lowest BCUT2D eigenvalue weighted by molar-refractivity contribution is -0.141. The number of hydrogen-bond acceptors (Lipinski definition) is 4. The third-order valence-corrected chi connectivity index (χ3v) is 7.53. The molecule has 5 nitrogen and oxygen atoms in total. The molecule has 2 aliphatic heterocycles. The fourth-order valence-corrected chi connectivity index (χ4v) is 5.61. The summed E-state index contributed by atoms with van der Waals surface area (Å²) in [6.45, 7) is 7.29. The van der Waals surface area contributed by atoms with Crippen LogP contribution in [0, 0.1) is 17.0 Å². The molecule has 2 heterocycles. The van der Waals surface area contributed by atoms with E-state index in [1.54, 1.807) is 6.07 Å². The maximum Gasteiger partial charge on any atom is 0.227 e. The van der Waals surface area contributed by atoms with Crippen LogP contribution in [0.5, 0.6) is 5.75 Å². The largest absolute Gasteiger partial charge is 0.487 e. The Balaban J connectivity index is 1.58. The Labute approximate surface area is 216 Å². The molecule has 7 heteroatoms. The average molecular weight is 506 g/mol. The molecule has 0 aliphatic carbocycles. The lowest BCUT2D eigenvalue weighted by Crippen LogP contribution is -2.49. The van der Waals surface area contributed by atoms with Gasteiger partial charge in [0.15, 0.2) is 11.6 Å². The van der Waals surface area contributed by atoms with Gasteiger partial charge in [-0.15, -0.1) is 0 Å². The standard InChI is InChI=1S/C30H33F2N3O2/c1-29(2,3)28(36)34-15-13-30(14-16-34)19-35(23-12-8-7-11-22(23)33)27-24(17-21(31)26(32)25(27)30)37-18-20-9-5-4-6-10-20/h4-12,17H,13-16,18-19,33H2,1-3H3. The summed E-state index contributed by atoms with van der Waals surface area (Å²) in [5.41, 5.74) is 8.22. The topological polar surface area (TPSA) is 58.8 Å². The predicted octanol–water partition coefficient (Wildman–Crippen LogP) is 6.18. The Hall–Kier alpha value is -3.61. The predicted molar refractivity (Wildman–Crippen MR) is 142 cm³/mol. The molecule has 5 rings (SSSR count). The lowest BCUT2D eigenvalue weighted by atomic mass is 9.73. The van der Waals surface area contributed by atoms with Crippen molar-refractivity contribution in [3.8, 4) is 5.75 Å². The second-order valence-corrected chi connectivity index (χ2v) is 11.1. The molecule has 1 fully saturated rings. The van der Waals surface area contributed by atoms with Crippen molar-refractivity contribution in [1.29, 1.82) is 0 Å². The zero-order valence-electron chi connectivity index (χ0n) is 21.6. The molecular formula is C30H33F2N3O2. The number of benzene rings is 3. The number of fused-ring (bicyclic) bond motifs is 2. The summed E-state index contributed by atoms with van der Waals surface area (Å²) >= 11 is 0. The highest BCUT2D eigenvalue weighted by atomic mass is 19.2. The summed E-state index contributed by atoms with van der Waals surface area (Å²) in [4.78, 5) is 16.7. The Bertz CT molecular complexity index is 1310. The number of nitrogens with two attached hydrogens (primary N) is 1. The van der Waals surface area contributed by atoms with Crippen LogP contribution in [0.15, 0.2) is 60.7 Å². The third-order valence-electron chi connectivity index (χ3n) is 7.53. The first-order chi connectivity index (χ1) is 17.6. The van der Waals surface area contributed by atoms with Crippen LogP contribution < -0.4 is 15.4 Å². The molecule has 1 saturated heterocycles. The number of nitrogen functional groups attached to an aromatic ring is 1. The highest BCUT2D eigenvalue weighted by molar-refractivity contribution is 5.84. The van der Waals surface area contributed by atoms with E-state index in [2.05, 4.69) is 0 Å². The number of carbonyl (C=O) groups excluding carboxylic acids is 1. The summed E-state index contributed by atoms with van der Waals surface area (Å²) in [6.07, 6.45) is 1.03. The zero-order chi connectivity index (χ0) is 26.4. The normalized spacial score (nSPS) is 16.7. The minimum absolute atomic E-state index is 0.0660. The van der Waals surface area contributed by atoms with Gasteiger partial charge >= 0.3 is 0 Å². The van der Waals surface area contributed by atoms with Gasteiger partial charge in [-0.2, -0.15) is 0 Å². The van der Waals surface area contributed by atoms with Gasteiger partial charge in [-0.25, -0.2) is 8.78 Å². The highest BCUT2D eigenvalue weighted by Gasteiger charge is 2.50. The molecule has 0 saturated carbocycles. The molecule has 0 radical (unpaired) electrons. The van der Waals surface area contributed by atoms with Gasteiger partial charge in [0.1, 0.15) is 12.4 Å². The van der Waals surface area contributed by atoms with E-state index in [0.29, 0.717) is 49.4 Å². The summed E-state index contributed by atoms with van der Waals surface area (Å²) in [6, 6.07) is 18.1. The Morgan fingerprint density at radius 2 is 1.68 bits per heavy atom. The number of hydrogen-bond donors (Lipinski definition) is 1. The number of para-hydroxylation sites is 2. The van der Waals surface area contributed by atoms with Crippen LogP contribution in [-0.4, -0.2) is 30.4 Å². The smallest absolute Gasteiger partial charge is 0.227 e. The maximum atomic E-state index is 15.7. The number of amides is 1. The molecule has 194 valence electrons. The molecule has 0 aromatic heterocycles. The number of carbonyl (C=O) groups is 1. The van der Waals surface area contributed by atoms with E-state index in [9.17, 15) is 4.79 Å². The first-order valence-corrected chi connectivity index (χ1v) is 12.7. The van der Waals surface area contributed by atoms with Crippen molar-refractivity contribution in [3.05, 3.63) is 83.4 Å². The van der Waals surface area contributed by atoms with Crippen LogP contribution in [0.2, 0.25) is 0 Å². The summed E-state index contributed by atoms with van der Waals surface area (Å²) in [5.74, 6) is -1.44. The molecule has 2 N–H and O–H groups in total. The first kappa shape index (κ1) is 25.1. The van der Waals surface area contributed by atoms with E-state index in [1.807, 2.05) is 79.1 Å². The fourth-order valence-electron chi connectivity index (χ4n) is 5.61. The van der Waals surface area contributed by atoms with E-state index in [-0.39, 0.29) is 18.3 Å². The van der Waals surface area contributed by atoms with E-state index < -0.39 is 22.5 Å². The van der Waals surface area contributed by atoms with Crippen LogP contribution in [0.4, 0.5) is 25.8 Å². The van der Waals surface area contributed by atoms with Gasteiger partial charge in [0, 0.05) is 42.1 Å². The maximum absolute atomic E-state index is 15.7. The van der Waals surface area contributed by atoms with Crippen molar-refractivity contribution >= 4 is 23.0 Å². The molecule has 1 amide bonds. The Morgan fingerprint density at radius 3 is 2.32 bits per heavy atom. The molecule has 37 heavy (non-hydrogen) atoms. The molecule has 3 aromatic carbocycles. The molecule has 0 unspecified atom stereocenters. The van der Waals surface area contributed by atoms with E-state index in [4.69, 9.17) is 10.5 Å². The SMILES string of the molecule is CC(C)(C)C(=O)N1CCC2(CC1)CN(c1ccccc1N)c1c(OCc3ccccc3)cc(F)c(F)c12. The first-order valence-electron chi connectivity index (χ1n) is 12.7. The van der Waals surface area contributed by atoms with Crippen LogP contribution in [-0.2, 0) is 16.8 Å². The molecular weight excluding hydrogens is 472 g/mol. The van der Waals surface area contributed by atoms with Crippen molar-refractivity contribution in [2.45, 2.75) is 45.6 Å². The van der Waals surface area contributed by atoms with Gasteiger partial charge in [0.05, 0.1) is 17.1 Å². The Kier molecular flexibility index (Phi) is 6.34. The van der Waals surface area contributed by atoms with Crippen LogP contribution in [0.25, 0.3) is 0 Å². The summed E-state index contributed by atoms with van der Waals surface area (Å²) in [5, 5.41) is 0. The molecule has 3 aromatic rings. The fraction of sp³-hybridized carbons (Fsp3) is 0.367. The van der Waals surface area contributed by atoms with Crippen LogP contribution >= 0.6 is 0 Å². The van der Waals surface area contributed by atoms with E-state index >= 15 is 8.78 Å². The second-order valence-electron chi connectivity index (χ2n) is 11.1. The van der Waals surface area contributed by atoms with Gasteiger partial charge < -0.3 is 20.3 Å². The van der Waals surface area contributed by atoms with Gasteiger partial charge in [-0.3, -0.25) is 4.79 Å². The number of halogens is 2. The minimum atomic E-state index is -0.933. The van der Waals surface area contributed by atoms with Gasteiger partial charge in [-0.05, 0) is 30.5 Å².